The largest absolute Gasteiger partial charge is 0.490 e. The van der Waals surface area contributed by atoms with Crippen molar-refractivity contribution in [1.29, 1.82) is 0 Å². The van der Waals surface area contributed by atoms with E-state index in [1.807, 2.05) is 36.8 Å². The van der Waals surface area contributed by atoms with Crippen LogP contribution < -0.4 is 4.90 Å². The molecule has 25 heteroatoms. The van der Waals surface area contributed by atoms with Gasteiger partial charge in [-0.2, -0.15) is 52.7 Å². The fraction of sp³-hybridized carbons (Fsp3) is 0.355. The van der Waals surface area contributed by atoms with Crippen LogP contribution in [0.1, 0.15) is 23.2 Å². The molecule has 3 aromatic rings. The molecule has 2 aromatic heterocycles. The van der Waals surface area contributed by atoms with E-state index in [1.165, 1.54) is 23.0 Å². The third kappa shape index (κ3) is 16.3. The minimum atomic E-state index is -5.08. The highest BCUT2D eigenvalue weighted by Gasteiger charge is 2.48. The second-order valence-electron chi connectivity index (χ2n) is 11.2. The number of anilines is 1. The van der Waals surface area contributed by atoms with Gasteiger partial charge in [-0.1, -0.05) is 18.2 Å². The molecule has 12 nitrogen and oxygen atoms in total. The summed E-state index contributed by atoms with van der Waals surface area (Å²) in [6.07, 6.45) is -13.6. The molecule has 0 aliphatic carbocycles. The lowest BCUT2D eigenvalue weighted by Gasteiger charge is -2.26. The van der Waals surface area contributed by atoms with Crippen molar-refractivity contribution in [2.75, 3.05) is 24.5 Å². The maximum absolute atomic E-state index is 13.6. The van der Waals surface area contributed by atoms with Crippen LogP contribution in [0.2, 0.25) is 0 Å². The molecule has 1 aromatic carbocycles. The summed E-state index contributed by atoms with van der Waals surface area (Å²) < 4.78 is 140. The Morgan fingerprint density at radius 3 is 1.54 bits per heavy atom. The lowest BCUT2D eigenvalue weighted by atomic mass is 9.85. The van der Waals surface area contributed by atoms with Gasteiger partial charge in [-0.3, -0.25) is 14.9 Å². The van der Waals surface area contributed by atoms with Gasteiger partial charge in [0.05, 0.1) is 11.4 Å². The van der Waals surface area contributed by atoms with Gasteiger partial charge >= 0.3 is 48.6 Å². The van der Waals surface area contributed by atoms with E-state index in [-0.39, 0.29) is 11.2 Å². The molecule has 0 saturated carbocycles. The summed E-state index contributed by atoms with van der Waals surface area (Å²) in [5, 5.41) is 28.5. The minimum Gasteiger partial charge on any atom is -0.475 e. The SMILES string of the molecule is Fc1cccc(CN2CCC3(C2)CN(Cc2cccnc2)c2cccnc23)c1.O=C(O)C(F)(F)F.O=C(O)C(F)(F)F.O=C(O)C(F)(F)F.O=C(O)C(F)(F)F. The summed E-state index contributed by atoms with van der Waals surface area (Å²) in [6.45, 7) is 4.56. The number of halogens is 13. The number of nitrogens with zero attached hydrogens (tertiary/aromatic N) is 4. The van der Waals surface area contributed by atoms with Crippen LogP contribution >= 0.6 is 0 Å². The number of carboxylic acids is 4. The number of aliphatic carboxylic acids is 4. The van der Waals surface area contributed by atoms with E-state index in [1.54, 1.807) is 12.1 Å². The molecule has 4 N–H and O–H groups in total. The van der Waals surface area contributed by atoms with Gasteiger partial charge in [0.2, 0.25) is 0 Å². The van der Waals surface area contributed by atoms with Crippen molar-refractivity contribution in [3.8, 4) is 0 Å². The predicted molar refractivity (Wildman–Crippen MR) is 162 cm³/mol. The number of rotatable bonds is 4. The zero-order valence-electron chi connectivity index (χ0n) is 27.7. The van der Waals surface area contributed by atoms with Crippen molar-refractivity contribution in [3.63, 3.8) is 0 Å². The van der Waals surface area contributed by atoms with Crippen molar-refractivity contribution in [3.05, 3.63) is 89.8 Å². The van der Waals surface area contributed by atoms with Gasteiger partial charge < -0.3 is 25.3 Å². The van der Waals surface area contributed by atoms with Gasteiger partial charge in [-0.25, -0.2) is 23.6 Å². The number of hydrogen-bond donors (Lipinski definition) is 4. The van der Waals surface area contributed by atoms with Crippen LogP contribution in [-0.4, -0.2) is 104 Å². The first-order chi connectivity index (χ1) is 25.5. The van der Waals surface area contributed by atoms with Gasteiger partial charge in [0.1, 0.15) is 5.82 Å². The van der Waals surface area contributed by atoms with Crippen molar-refractivity contribution in [1.82, 2.24) is 14.9 Å². The van der Waals surface area contributed by atoms with E-state index in [4.69, 9.17) is 44.6 Å². The van der Waals surface area contributed by atoms with Crippen LogP contribution in [0.15, 0.2) is 67.1 Å². The zero-order chi connectivity index (χ0) is 43.3. The molecular formula is C31H27F13N4O8. The first-order valence-electron chi connectivity index (χ1n) is 14.8. The van der Waals surface area contributed by atoms with Crippen molar-refractivity contribution >= 4 is 29.6 Å². The summed E-state index contributed by atoms with van der Waals surface area (Å²) in [5.41, 5.74) is 4.73. The first-order valence-corrected chi connectivity index (χ1v) is 14.8. The number of carbonyl (C=O) groups is 4. The quantitative estimate of drug-likeness (QED) is 0.216. The van der Waals surface area contributed by atoms with Gasteiger partial charge in [0.15, 0.2) is 0 Å². The highest BCUT2D eigenvalue weighted by Crippen LogP contribution is 2.45. The summed E-state index contributed by atoms with van der Waals surface area (Å²) >= 11 is 0. The Morgan fingerprint density at radius 2 is 1.11 bits per heavy atom. The van der Waals surface area contributed by atoms with E-state index >= 15 is 0 Å². The molecule has 4 heterocycles. The highest BCUT2D eigenvalue weighted by atomic mass is 19.4. The van der Waals surface area contributed by atoms with Crippen molar-refractivity contribution < 1.29 is 96.7 Å². The summed E-state index contributed by atoms with van der Waals surface area (Å²) in [4.78, 5) is 49.5. The fourth-order valence-corrected chi connectivity index (χ4v) is 4.75. The maximum Gasteiger partial charge on any atom is 0.490 e. The van der Waals surface area contributed by atoms with E-state index < -0.39 is 48.6 Å². The van der Waals surface area contributed by atoms with E-state index in [2.05, 4.69) is 26.9 Å². The molecule has 2 aliphatic rings. The third-order valence-corrected chi connectivity index (χ3v) is 6.92. The van der Waals surface area contributed by atoms with Crippen LogP contribution in [0.5, 0.6) is 0 Å². The van der Waals surface area contributed by atoms with Crippen LogP contribution in [0.25, 0.3) is 0 Å². The maximum atomic E-state index is 13.6. The smallest absolute Gasteiger partial charge is 0.475 e. The summed E-state index contributed by atoms with van der Waals surface area (Å²) in [7, 11) is 0. The second kappa shape index (κ2) is 19.7. The second-order valence-corrected chi connectivity index (χ2v) is 11.2. The molecule has 1 atom stereocenters. The number of benzene rings is 1. The Labute approximate surface area is 305 Å². The molecule has 1 unspecified atom stereocenters. The Morgan fingerprint density at radius 1 is 0.643 bits per heavy atom. The minimum absolute atomic E-state index is 0.0477. The molecule has 0 amide bonds. The van der Waals surface area contributed by atoms with E-state index in [0.717, 1.165) is 44.7 Å². The van der Waals surface area contributed by atoms with Crippen LogP contribution in [0.3, 0.4) is 0 Å². The molecule has 0 bridgehead atoms. The molecule has 1 fully saturated rings. The van der Waals surface area contributed by atoms with Gasteiger partial charge in [-0.05, 0) is 54.4 Å². The summed E-state index contributed by atoms with van der Waals surface area (Å²) in [5.74, 6) is -11.2. The molecule has 56 heavy (non-hydrogen) atoms. The topological polar surface area (TPSA) is 181 Å². The number of likely N-dealkylation sites (tertiary alicyclic amines) is 1. The lowest BCUT2D eigenvalue weighted by molar-refractivity contribution is -0.193. The standard InChI is InChI=1S/C23H23FN4.4C2HF3O2/c24-20-6-1-4-18(12-20)14-27-11-8-23(16-27)17-28(15-19-5-2-9-25-13-19)21-7-3-10-26-22(21)23;4*3-2(4,5)1(6)7/h1-7,9-10,12-13H,8,11,14-17H2;4*(H,6,7). The Bertz CT molecular complexity index is 1680. The number of aromatic nitrogens is 2. The van der Waals surface area contributed by atoms with E-state index in [0.29, 0.717) is 0 Å². The Kier molecular flexibility index (Phi) is 17.0. The molecule has 1 spiro atoms. The number of carboxylic acid groups (broad SMARTS) is 4. The van der Waals surface area contributed by atoms with Crippen LogP contribution in [0.4, 0.5) is 62.8 Å². The zero-order valence-corrected chi connectivity index (χ0v) is 27.7. The van der Waals surface area contributed by atoms with Gasteiger partial charge in [0.25, 0.3) is 0 Å². The molecule has 1 saturated heterocycles. The average Bonchev–Trinajstić information content (AvgIpc) is 3.60. The Balaban J connectivity index is 0.000000457. The summed E-state index contributed by atoms with van der Waals surface area (Å²) in [6, 6.07) is 15.3. The Hall–Kier alpha value is -5.75. The third-order valence-electron chi connectivity index (χ3n) is 6.92. The monoisotopic (exact) mass is 830 g/mol. The number of hydrogen-bond acceptors (Lipinski definition) is 8. The molecule has 5 rings (SSSR count). The molecule has 2 aliphatic heterocycles. The number of alkyl halides is 12. The highest BCUT2D eigenvalue weighted by molar-refractivity contribution is 5.74. The predicted octanol–water partition coefficient (Wildman–Crippen LogP) is 6.31. The van der Waals surface area contributed by atoms with Gasteiger partial charge in [0, 0.05) is 50.2 Å². The molecule has 310 valence electrons. The van der Waals surface area contributed by atoms with Crippen LogP contribution in [0, 0.1) is 5.82 Å². The number of pyridine rings is 2. The van der Waals surface area contributed by atoms with Crippen molar-refractivity contribution in [2.45, 2.75) is 49.6 Å². The molecular weight excluding hydrogens is 803 g/mol. The van der Waals surface area contributed by atoms with E-state index in [9.17, 15) is 57.1 Å². The van der Waals surface area contributed by atoms with Crippen LogP contribution in [-0.2, 0) is 37.7 Å². The lowest BCUT2D eigenvalue weighted by Crippen LogP contribution is -2.36. The normalized spacial score (nSPS) is 16.3. The number of fused-ring (bicyclic) bond motifs is 2. The van der Waals surface area contributed by atoms with Crippen molar-refractivity contribution in [2.24, 2.45) is 0 Å². The average molecular weight is 831 g/mol. The molecule has 0 radical (unpaired) electrons. The van der Waals surface area contributed by atoms with Gasteiger partial charge in [-0.15, -0.1) is 0 Å². The fourth-order valence-electron chi connectivity index (χ4n) is 4.75. The first kappa shape index (κ1) is 48.3.